The van der Waals surface area contributed by atoms with Crippen molar-refractivity contribution in [1.29, 1.82) is 0 Å². The third kappa shape index (κ3) is 2.51. The molecule has 2 rings (SSSR count). The third-order valence-corrected chi connectivity index (χ3v) is 2.67. The predicted octanol–water partition coefficient (Wildman–Crippen LogP) is 2.85. The molecule has 1 aromatic carbocycles. The van der Waals surface area contributed by atoms with Gasteiger partial charge in [0.25, 0.3) is 5.89 Å². The molecule has 2 aromatic rings. The maximum atomic E-state index is 9.47. The Labute approximate surface area is 105 Å². The molecule has 1 aromatic heterocycles. The van der Waals surface area contributed by atoms with Gasteiger partial charge in [-0.2, -0.15) is 4.98 Å². The lowest BCUT2D eigenvalue weighted by Crippen LogP contribution is -2.01. The van der Waals surface area contributed by atoms with Gasteiger partial charge in [0, 0.05) is 12.2 Å². The molecule has 0 spiro atoms. The summed E-state index contributed by atoms with van der Waals surface area (Å²) in [4.78, 5) is 4.29. The van der Waals surface area contributed by atoms with E-state index in [1.54, 1.807) is 18.2 Å². The van der Waals surface area contributed by atoms with E-state index in [1.165, 1.54) is 0 Å². The molecule has 0 saturated heterocycles. The SMILES string of the molecule is CCOC(C)c1noc(-c2ccc(O)c(C)c2)n1. The Bertz CT molecular complexity index is 537. The van der Waals surface area contributed by atoms with Gasteiger partial charge < -0.3 is 14.4 Å². The number of aryl methyl sites for hydroxylation is 1. The molecule has 96 valence electrons. The Kier molecular flexibility index (Phi) is 3.62. The highest BCUT2D eigenvalue weighted by Crippen LogP contribution is 2.25. The molecule has 18 heavy (non-hydrogen) atoms. The first-order valence-corrected chi connectivity index (χ1v) is 5.87. The van der Waals surface area contributed by atoms with Crippen LogP contribution < -0.4 is 0 Å². The second-order valence-electron chi connectivity index (χ2n) is 4.06. The smallest absolute Gasteiger partial charge is 0.258 e. The van der Waals surface area contributed by atoms with Crippen LogP contribution in [-0.2, 0) is 4.74 Å². The molecule has 0 radical (unpaired) electrons. The zero-order valence-corrected chi connectivity index (χ0v) is 10.7. The molecule has 1 atom stereocenters. The predicted molar refractivity (Wildman–Crippen MR) is 66.2 cm³/mol. The van der Waals surface area contributed by atoms with Crippen molar-refractivity contribution in [3.63, 3.8) is 0 Å². The molecule has 0 aliphatic carbocycles. The van der Waals surface area contributed by atoms with Crippen molar-refractivity contribution in [2.24, 2.45) is 0 Å². The highest BCUT2D eigenvalue weighted by Gasteiger charge is 2.15. The van der Waals surface area contributed by atoms with Gasteiger partial charge in [-0.1, -0.05) is 5.16 Å². The minimum absolute atomic E-state index is 0.189. The molecule has 0 aliphatic rings. The number of phenols is 1. The summed E-state index contributed by atoms with van der Waals surface area (Å²) < 4.78 is 10.6. The van der Waals surface area contributed by atoms with Gasteiger partial charge >= 0.3 is 0 Å². The summed E-state index contributed by atoms with van der Waals surface area (Å²) >= 11 is 0. The Hall–Kier alpha value is -1.88. The minimum Gasteiger partial charge on any atom is -0.508 e. The first-order valence-electron chi connectivity index (χ1n) is 5.87. The van der Waals surface area contributed by atoms with Crippen molar-refractivity contribution in [2.45, 2.75) is 26.9 Å². The van der Waals surface area contributed by atoms with Crippen LogP contribution in [0.2, 0.25) is 0 Å². The van der Waals surface area contributed by atoms with Crippen LogP contribution in [0.3, 0.4) is 0 Å². The Morgan fingerprint density at radius 1 is 1.44 bits per heavy atom. The highest BCUT2D eigenvalue weighted by molar-refractivity contribution is 5.56. The maximum Gasteiger partial charge on any atom is 0.258 e. The summed E-state index contributed by atoms with van der Waals surface area (Å²) in [5.41, 5.74) is 1.55. The number of ether oxygens (including phenoxy) is 1. The van der Waals surface area contributed by atoms with Crippen LogP contribution in [0.4, 0.5) is 0 Å². The molecule has 0 aliphatic heterocycles. The van der Waals surface area contributed by atoms with Crippen LogP contribution in [0, 0.1) is 6.92 Å². The average molecular weight is 248 g/mol. The quantitative estimate of drug-likeness (QED) is 0.901. The lowest BCUT2D eigenvalue weighted by Gasteiger charge is -2.04. The fourth-order valence-electron chi connectivity index (χ4n) is 1.63. The number of rotatable bonds is 4. The second kappa shape index (κ2) is 5.18. The fourth-order valence-corrected chi connectivity index (χ4v) is 1.63. The maximum absolute atomic E-state index is 9.47. The molecule has 0 bridgehead atoms. The summed E-state index contributed by atoms with van der Waals surface area (Å²) in [6, 6.07) is 5.16. The molecule has 1 N–H and O–H groups in total. The molecular formula is C13H16N2O3. The zero-order chi connectivity index (χ0) is 13.1. The number of phenolic OH excluding ortho intramolecular Hbond substituents is 1. The van der Waals surface area contributed by atoms with E-state index in [9.17, 15) is 5.11 Å². The third-order valence-electron chi connectivity index (χ3n) is 2.67. The first-order chi connectivity index (χ1) is 8.61. The summed E-state index contributed by atoms with van der Waals surface area (Å²) in [6.07, 6.45) is -0.189. The van der Waals surface area contributed by atoms with Crippen LogP contribution in [-0.4, -0.2) is 21.9 Å². The molecule has 5 nitrogen and oxygen atoms in total. The van der Waals surface area contributed by atoms with Gasteiger partial charge in [-0.15, -0.1) is 0 Å². The lowest BCUT2D eigenvalue weighted by atomic mass is 10.1. The average Bonchev–Trinajstić information content (AvgIpc) is 2.82. The standard InChI is InChI=1S/C13H16N2O3/c1-4-17-9(3)12-14-13(18-15-12)10-5-6-11(16)8(2)7-10/h5-7,9,16H,4H2,1-3H3. The molecule has 1 heterocycles. The number of nitrogens with zero attached hydrogens (tertiary/aromatic N) is 2. The number of hydrogen-bond acceptors (Lipinski definition) is 5. The van der Waals surface area contributed by atoms with E-state index in [0.717, 1.165) is 11.1 Å². The highest BCUT2D eigenvalue weighted by atomic mass is 16.5. The van der Waals surface area contributed by atoms with Crippen LogP contribution in [0.1, 0.15) is 31.3 Å². The topological polar surface area (TPSA) is 68.4 Å². The summed E-state index contributed by atoms with van der Waals surface area (Å²) in [5, 5.41) is 13.4. The minimum atomic E-state index is -0.189. The van der Waals surface area contributed by atoms with E-state index in [1.807, 2.05) is 20.8 Å². The molecule has 0 saturated carbocycles. The van der Waals surface area contributed by atoms with Crippen LogP contribution >= 0.6 is 0 Å². The van der Waals surface area contributed by atoms with Gasteiger partial charge in [0.15, 0.2) is 0 Å². The summed E-state index contributed by atoms with van der Waals surface area (Å²) in [7, 11) is 0. The van der Waals surface area contributed by atoms with Gasteiger partial charge in [-0.25, -0.2) is 0 Å². The Balaban J connectivity index is 2.26. The van der Waals surface area contributed by atoms with Crippen molar-refractivity contribution >= 4 is 0 Å². The largest absolute Gasteiger partial charge is 0.508 e. The van der Waals surface area contributed by atoms with E-state index >= 15 is 0 Å². The Morgan fingerprint density at radius 2 is 2.22 bits per heavy atom. The fraction of sp³-hybridized carbons (Fsp3) is 0.385. The number of benzene rings is 1. The summed E-state index contributed by atoms with van der Waals surface area (Å²) in [5.74, 6) is 1.21. The lowest BCUT2D eigenvalue weighted by molar-refractivity contribution is 0.0683. The number of aromatic nitrogens is 2. The normalized spacial score (nSPS) is 12.6. The van der Waals surface area contributed by atoms with Crippen LogP contribution in [0.5, 0.6) is 5.75 Å². The molecule has 1 unspecified atom stereocenters. The monoisotopic (exact) mass is 248 g/mol. The van der Waals surface area contributed by atoms with Crippen molar-refractivity contribution in [3.05, 3.63) is 29.6 Å². The molecular weight excluding hydrogens is 232 g/mol. The van der Waals surface area contributed by atoms with E-state index in [2.05, 4.69) is 10.1 Å². The van der Waals surface area contributed by atoms with Crippen LogP contribution in [0.25, 0.3) is 11.5 Å². The van der Waals surface area contributed by atoms with Gasteiger partial charge in [-0.05, 0) is 44.5 Å². The summed E-state index contributed by atoms with van der Waals surface area (Å²) in [6.45, 7) is 6.21. The van der Waals surface area contributed by atoms with Crippen LogP contribution in [0.15, 0.2) is 22.7 Å². The van der Waals surface area contributed by atoms with Gasteiger partial charge in [0.05, 0.1) is 0 Å². The number of hydrogen-bond donors (Lipinski definition) is 1. The molecule has 0 fully saturated rings. The van der Waals surface area contributed by atoms with E-state index in [0.29, 0.717) is 18.3 Å². The Morgan fingerprint density at radius 3 is 2.89 bits per heavy atom. The van der Waals surface area contributed by atoms with E-state index in [4.69, 9.17) is 9.26 Å². The van der Waals surface area contributed by atoms with Crippen molar-refractivity contribution in [1.82, 2.24) is 10.1 Å². The van der Waals surface area contributed by atoms with Crippen molar-refractivity contribution in [2.75, 3.05) is 6.61 Å². The zero-order valence-electron chi connectivity index (χ0n) is 10.7. The number of aromatic hydroxyl groups is 1. The van der Waals surface area contributed by atoms with Crippen molar-refractivity contribution in [3.8, 4) is 17.2 Å². The van der Waals surface area contributed by atoms with E-state index < -0.39 is 0 Å². The van der Waals surface area contributed by atoms with Crippen molar-refractivity contribution < 1.29 is 14.4 Å². The molecule has 0 amide bonds. The van der Waals surface area contributed by atoms with Gasteiger partial charge in [0.2, 0.25) is 5.82 Å². The van der Waals surface area contributed by atoms with Gasteiger partial charge in [-0.3, -0.25) is 0 Å². The van der Waals surface area contributed by atoms with Gasteiger partial charge in [0.1, 0.15) is 11.9 Å². The van der Waals surface area contributed by atoms with E-state index in [-0.39, 0.29) is 11.9 Å². The molecule has 5 heteroatoms. The first kappa shape index (κ1) is 12.6. The second-order valence-corrected chi connectivity index (χ2v) is 4.06.